The van der Waals surface area contributed by atoms with Gasteiger partial charge in [0.15, 0.2) is 0 Å². The van der Waals surface area contributed by atoms with E-state index in [-0.39, 0.29) is 5.91 Å². The van der Waals surface area contributed by atoms with Crippen molar-refractivity contribution in [3.8, 4) is 16.9 Å². The number of unbranched alkanes of at least 4 members (excludes halogenated alkanes) is 1. The molecule has 0 saturated carbocycles. The number of hydrogen-bond donors (Lipinski definition) is 1. The molecular formula is C26H32N4O2. The number of para-hydroxylation sites is 1. The summed E-state index contributed by atoms with van der Waals surface area (Å²) in [5, 5.41) is 7.89. The van der Waals surface area contributed by atoms with Gasteiger partial charge in [0, 0.05) is 31.4 Å². The Bertz CT molecular complexity index is 1040. The number of aromatic nitrogens is 2. The number of rotatable bonds is 8. The van der Waals surface area contributed by atoms with Crippen LogP contribution in [0.15, 0.2) is 54.7 Å². The third-order valence-electron chi connectivity index (χ3n) is 6.05. The molecule has 0 aliphatic carbocycles. The lowest BCUT2D eigenvalue weighted by atomic mass is 10.0. The number of nitrogens with zero attached hydrogens (tertiary/aromatic N) is 3. The van der Waals surface area contributed by atoms with Gasteiger partial charge in [0.1, 0.15) is 5.69 Å². The van der Waals surface area contributed by atoms with Gasteiger partial charge in [-0.15, -0.1) is 0 Å². The summed E-state index contributed by atoms with van der Waals surface area (Å²) in [6.45, 7) is 9.54. The molecule has 6 nitrogen and oxygen atoms in total. The normalized spacial score (nSPS) is 14.4. The summed E-state index contributed by atoms with van der Waals surface area (Å²) in [6.07, 6.45) is 3.85. The highest BCUT2D eigenvalue weighted by molar-refractivity contribution is 6.00. The summed E-state index contributed by atoms with van der Waals surface area (Å²) in [5.74, 6) is -0.0771. The molecule has 0 bridgehead atoms. The van der Waals surface area contributed by atoms with E-state index in [9.17, 15) is 4.79 Å². The number of amides is 1. The third kappa shape index (κ3) is 5.44. The Hall–Kier alpha value is -2.96. The van der Waals surface area contributed by atoms with E-state index in [1.165, 1.54) is 11.1 Å². The summed E-state index contributed by atoms with van der Waals surface area (Å²) >= 11 is 0. The molecule has 6 heteroatoms. The lowest BCUT2D eigenvalue weighted by molar-refractivity contribution is 0.0372. The summed E-state index contributed by atoms with van der Waals surface area (Å²) in [6, 6.07) is 16.1. The van der Waals surface area contributed by atoms with Gasteiger partial charge in [-0.25, -0.2) is 4.68 Å². The van der Waals surface area contributed by atoms with E-state index in [0.717, 1.165) is 56.9 Å². The Labute approximate surface area is 190 Å². The van der Waals surface area contributed by atoms with E-state index >= 15 is 0 Å². The van der Waals surface area contributed by atoms with Gasteiger partial charge in [0.2, 0.25) is 0 Å². The molecule has 3 aromatic rings. The fraction of sp³-hybridized carbons (Fsp3) is 0.385. The van der Waals surface area contributed by atoms with E-state index < -0.39 is 0 Å². The molecule has 1 saturated heterocycles. The monoisotopic (exact) mass is 432 g/mol. The predicted octanol–water partition coefficient (Wildman–Crippen LogP) is 4.00. The molecule has 4 rings (SSSR count). The van der Waals surface area contributed by atoms with Crippen LogP contribution < -0.4 is 5.32 Å². The first-order valence-corrected chi connectivity index (χ1v) is 11.4. The molecule has 1 aromatic heterocycles. The van der Waals surface area contributed by atoms with Gasteiger partial charge in [-0.1, -0.05) is 30.3 Å². The minimum atomic E-state index is -0.0771. The molecular weight excluding hydrogens is 400 g/mol. The molecule has 0 atom stereocenters. The topological polar surface area (TPSA) is 59.4 Å². The molecule has 32 heavy (non-hydrogen) atoms. The maximum atomic E-state index is 13.1. The lowest BCUT2D eigenvalue weighted by Gasteiger charge is -2.26. The van der Waals surface area contributed by atoms with E-state index in [4.69, 9.17) is 9.84 Å². The second-order valence-corrected chi connectivity index (χ2v) is 8.39. The fourth-order valence-corrected chi connectivity index (χ4v) is 3.94. The number of benzene rings is 2. The lowest BCUT2D eigenvalue weighted by Crippen LogP contribution is -2.37. The van der Waals surface area contributed by atoms with Crippen LogP contribution in [0.4, 0.5) is 0 Å². The number of aryl methyl sites for hydroxylation is 2. The molecule has 0 unspecified atom stereocenters. The van der Waals surface area contributed by atoms with E-state index in [1.54, 1.807) is 4.68 Å². The maximum absolute atomic E-state index is 13.1. The van der Waals surface area contributed by atoms with E-state index in [1.807, 2.05) is 42.6 Å². The van der Waals surface area contributed by atoms with E-state index in [0.29, 0.717) is 17.8 Å². The zero-order chi connectivity index (χ0) is 22.3. The number of morpholine rings is 1. The highest BCUT2D eigenvalue weighted by Gasteiger charge is 2.19. The van der Waals surface area contributed by atoms with Crippen LogP contribution in [0.1, 0.15) is 34.3 Å². The van der Waals surface area contributed by atoms with Crippen LogP contribution in [-0.4, -0.2) is 60.0 Å². The number of carbonyl (C=O) groups excluding carboxylic acids is 1. The van der Waals surface area contributed by atoms with Crippen molar-refractivity contribution in [1.82, 2.24) is 20.0 Å². The first-order chi connectivity index (χ1) is 15.6. The third-order valence-corrected chi connectivity index (χ3v) is 6.05. The fourth-order valence-electron chi connectivity index (χ4n) is 3.94. The SMILES string of the molecule is Cc1ccc(-c2nn(-c3ccccc3)cc2C(=O)NCCCCN2CCOCC2)cc1C. The number of carbonyl (C=O) groups is 1. The number of ether oxygens (including phenoxy) is 1. The Kier molecular flexibility index (Phi) is 7.35. The molecule has 1 aliphatic rings. The van der Waals surface area contributed by atoms with Gasteiger partial charge in [-0.3, -0.25) is 9.69 Å². The first kappa shape index (κ1) is 22.2. The zero-order valence-corrected chi connectivity index (χ0v) is 19.0. The highest BCUT2D eigenvalue weighted by atomic mass is 16.5. The largest absolute Gasteiger partial charge is 0.379 e. The average molecular weight is 433 g/mol. The maximum Gasteiger partial charge on any atom is 0.255 e. The van der Waals surface area contributed by atoms with Gasteiger partial charge in [-0.2, -0.15) is 5.10 Å². The van der Waals surface area contributed by atoms with Crippen molar-refractivity contribution in [3.05, 3.63) is 71.4 Å². The van der Waals surface area contributed by atoms with Crippen molar-refractivity contribution in [2.75, 3.05) is 39.4 Å². The molecule has 2 aromatic carbocycles. The Balaban J connectivity index is 1.46. The van der Waals surface area contributed by atoms with Gasteiger partial charge >= 0.3 is 0 Å². The zero-order valence-electron chi connectivity index (χ0n) is 19.0. The molecule has 168 valence electrons. The molecule has 2 heterocycles. The summed E-state index contributed by atoms with van der Waals surface area (Å²) in [5.41, 5.74) is 5.61. The van der Waals surface area contributed by atoms with Gasteiger partial charge < -0.3 is 10.1 Å². The number of hydrogen-bond acceptors (Lipinski definition) is 4. The Morgan fingerprint density at radius 3 is 2.56 bits per heavy atom. The van der Waals surface area contributed by atoms with Crippen LogP contribution in [0.25, 0.3) is 16.9 Å². The van der Waals surface area contributed by atoms with Crippen LogP contribution in [0.2, 0.25) is 0 Å². The predicted molar refractivity (Wildman–Crippen MR) is 127 cm³/mol. The second kappa shape index (κ2) is 10.6. The molecule has 0 radical (unpaired) electrons. The van der Waals surface area contributed by atoms with E-state index in [2.05, 4.69) is 36.2 Å². The average Bonchev–Trinajstić information content (AvgIpc) is 3.27. The van der Waals surface area contributed by atoms with Crippen molar-refractivity contribution >= 4 is 5.91 Å². The van der Waals surface area contributed by atoms with Crippen LogP contribution >= 0.6 is 0 Å². The molecule has 1 aliphatic heterocycles. The summed E-state index contributed by atoms with van der Waals surface area (Å²) < 4.78 is 7.19. The second-order valence-electron chi connectivity index (χ2n) is 8.39. The molecule has 1 amide bonds. The van der Waals surface area contributed by atoms with Crippen LogP contribution in [-0.2, 0) is 4.74 Å². The number of nitrogens with one attached hydrogen (secondary N) is 1. The van der Waals surface area contributed by atoms with Crippen LogP contribution in [0, 0.1) is 13.8 Å². The standard InChI is InChI=1S/C26H32N4O2/c1-20-10-11-22(18-21(20)2)25-24(19-30(28-25)23-8-4-3-5-9-23)26(31)27-12-6-7-13-29-14-16-32-17-15-29/h3-5,8-11,18-19H,6-7,12-17H2,1-2H3,(H,27,31). The minimum absolute atomic E-state index is 0.0771. The highest BCUT2D eigenvalue weighted by Crippen LogP contribution is 2.26. The van der Waals surface area contributed by atoms with Crippen LogP contribution in [0.5, 0.6) is 0 Å². The smallest absolute Gasteiger partial charge is 0.255 e. The van der Waals surface area contributed by atoms with Crippen molar-refractivity contribution < 1.29 is 9.53 Å². The van der Waals surface area contributed by atoms with Crippen molar-refractivity contribution in [1.29, 1.82) is 0 Å². The first-order valence-electron chi connectivity index (χ1n) is 11.4. The minimum Gasteiger partial charge on any atom is -0.379 e. The van der Waals surface area contributed by atoms with Gasteiger partial charge in [0.05, 0.1) is 24.5 Å². The molecule has 1 fully saturated rings. The summed E-state index contributed by atoms with van der Waals surface area (Å²) in [4.78, 5) is 15.5. The molecule has 1 N–H and O–H groups in total. The van der Waals surface area contributed by atoms with Crippen molar-refractivity contribution in [2.45, 2.75) is 26.7 Å². The van der Waals surface area contributed by atoms with Gasteiger partial charge in [-0.05, 0) is 62.6 Å². The Morgan fingerprint density at radius 1 is 1.03 bits per heavy atom. The van der Waals surface area contributed by atoms with Crippen LogP contribution in [0.3, 0.4) is 0 Å². The molecule has 0 spiro atoms. The Morgan fingerprint density at radius 2 is 1.81 bits per heavy atom. The van der Waals surface area contributed by atoms with Gasteiger partial charge in [0.25, 0.3) is 5.91 Å². The van der Waals surface area contributed by atoms with Crippen molar-refractivity contribution in [2.24, 2.45) is 0 Å². The van der Waals surface area contributed by atoms with Crippen molar-refractivity contribution in [3.63, 3.8) is 0 Å². The summed E-state index contributed by atoms with van der Waals surface area (Å²) in [7, 11) is 0. The quantitative estimate of drug-likeness (QED) is 0.547.